The van der Waals surface area contributed by atoms with Gasteiger partial charge in [-0.1, -0.05) is 170 Å². The van der Waals surface area contributed by atoms with Crippen molar-refractivity contribution < 1.29 is 9.90 Å². The highest BCUT2D eigenvalue weighted by Crippen LogP contribution is 2.44. The van der Waals surface area contributed by atoms with Crippen molar-refractivity contribution in [3.8, 4) is 44.5 Å². The second kappa shape index (κ2) is 14.8. The molecule has 0 saturated heterocycles. The highest BCUT2D eigenvalue weighted by molar-refractivity contribution is 6.15. The van der Waals surface area contributed by atoms with Gasteiger partial charge in [0.1, 0.15) is 11.2 Å². The zero-order valence-corrected chi connectivity index (χ0v) is 33.6. The van der Waals surface area contributed by atoms with Gasteiger partial charge in [0.25, 0.3) is 0 Å². The summed E-state index contributed by atoms with van der Waals surface area (Å²) in [5.74, 6) is 0. The Morgan fingerprint density at radius 1 is 0.323 bits per heavy atom. The van der Waals surface area contributed by atoms with Gasteiger partial charge in [-0.05, 0) is 133 Å². The van der Waals surface area contributed by atoms with Crippen LogP contribution in [0.5, 0.6) is 0 Å². The van der Waals surface area contributed by atoms with Gasteiger partial charge < -0.3 is 9.32 Å². The minimum Gasteiger partial charge on any atom is -0.455 e. The first-order chi connectivity index (χ1) is 32.4. The molecule has 2 nitrogen and oxygen atoms in total. The van der Waals surface area contributed by atoms with Crippen LogP contribution in [0.15, 0.2) is 241 Å². The number of nitrogens with zero attached hydrogens (tertiary/aromatic N) is 1. The topological polar surface area (TPSA) is 16.4 Å². The number of para-hydroxylation sites is 2. The first-order valence-electron chi connectivity index (χ1n) is 22.9. The summed E-state index contributed by atoms with van der Waals surface area (Å²) in [6, 6.07) is 71.3. The summed E-state index contributed by atoms with van der Waals surface area (Å²) in [7, 11) is 0. The van der Waals surface area contributed by atoms with Gasteiger partial charge in [0.15, 0.2) is 0 Å². The van der Waals surface area contributed by atoms with Gasteiger partial charge in [0.05, 0.1) is 11.2 Å². The Hall–Kier alpha value is -8.20. The van der Waals surface area contributed by atoms with Gasteiger partial charge in [-0.15, -0.1) is 0 Å². The first kappa shape index (κ1) is 31.7. The van der Waals surface area contributed by atoms with E-state index >= 15 is 0 Å². The number of benzene rings is 11. The molecule has 12 rings (SSSR count). The number of anilines is 3. The maximum Gasteiger partial charge on any atom is 0.143 e. The van der Waals surface area contributed by atoms with E-state index in [0.29, 0.717) is 16.9 Å². The van der Waals surface area contributed by atoms with Crippen LogP contribution in [0.25, 0.3) is 98.8 Å². The van der Waals surface area contributed by atoms with Crippen LogP contribution in [0.2, 0.25) is 0 Å². The molecule has 0 atom stereocenters. The SMILES string of the molecule is [2H]c1c([2H])c(N(c2ccc(-c3ccc4ccccc4c3)cc2)c2ccccc2-c2ccc3c(ccc4c5ccccc5oc34)c2)c([2H])c([2H])c1-c1cccc(-c2cccc3ccccc23)c1. The summed E-state index contributed by atoms with van der Waals surface area (Å²) in [6.07, 6.45) is 0. The van der Waals surface area contributed by atoms with Crippen molar-refractivity contribution in [1.29, 1.82) is 0 Å². The van der Waals surface area contributed by atoms with Crippen LogP contribution in [0.4, 0.5) is 17.1 Å². The lowest BCUT2D eigenvalue weighted by molar-refractivity contribution is 0.672. The quantitative estimate of drug-likeness (QED) is 0.160. The predicted octanol–water partition coefficient (Wildman–Crippen LogP) is 17.2. The van der Waals surface area contributed by atoms with E-state index < -0.39 is 0 Å². The molecule has 0 unspecified atom stereocenters. The first-order valence-corrected chi connectivity index (χ1v) is 20.9. The zero-order chi connectivity index (χ0) is 44.5. The molecule has 11 aromatic carbocycles. The van der Waals surface area contributed by atoms with E-state index in [9.17, 15) is 5.48 Å². The highest BCUT2D eigenvalue weighted by atomic mass is 16.3. The van der Waals surface area contributed by atoms with Gasteiger partial charge in [-0.25, -0.2) is 0 Å². The van der Waals surface area contributed by atoms with Crippen molar-refractivity contribution >= 4 is 71.3 Å². The Labute approximate surface area is 365 Å². The number of furan rings is 1. The molecule has 0 amide bonds. The molecular weight excluding hydrogens is 751 g/mol. The normalized spacial score (nSPS) is 12.5. The van der Waals surface area contributed by atoms with Gasteiger partial charge in [-0.2, -0.15) is 0 Å². The minimum absolute atomic E-state index is 0.114. The largest absolute Gasteiger partial charge is 0.455 e. The van der Waals surface area contributed by atoms with Crippen molar-refractivity contribution in [3.63, 3.8) is 0 Å². The Bertz CT molecular complexity index is 3860. The highest BCUT2D eigenvalue weighted by Gasteiger charge is 2.19. The lowest BCUT2D eigenvalue weighted by atomic mass is 9.95. The van der Waals surface area contributed by atoms with E-state index in [1.165, 1.54) is 5.39 Å². The molecule has 0 N–H and O–H groups in total. The summed E-state index contributed by atoms with van der Waals surface area (Å²) in [5, 5.41) is 8.70. The van der Waals surface area contributed by atoms with Gasteiger partial charge in [-0.3, -0.25) is 0 Å². The van der Waals surface area contributed by atoms with Crippen LogP contribution in [0.1, 0.15) is 5.48 Å². The fraction of sp³-hybridized carbons (Fsp3) is 0. The molecule has 0 fully saturated rings. The van der Waals surface area contributed by atoms with Crippen LogP contribution in [0.3, 0.4) is 0 Å². The molecule has 0 saturated carbocycles. The van der Waals surface area contributed by atoms with E-state index in [1.54, 1.807) is 0 Å². The number of hydrogen-bond donors (Lipinski definition) is 0. The number of rotatable bonds is 7. The standard InChI is InChI=1S/C60H39NO/c1-2-13-44-37-46(24-23-40(44)11-1)42-27-33-51(34-28-42)61(50-31-25-41(26-32-50)45-15-9-16-47(38-45)53-20-10-14-43-12-3-4-17-52(43)53)58-21-7-5-18-54(58)48-29-35-55-49(39-48)30-36-57-56-19-6-8-22-59(56)62-60(55)57/h1-39H/i25D,26D,31D,32D. The smallest absolute Gasteiger partial charge is 0.143 e. The fourth-order valence-corrected chi connectivity index (χ4v) is 9.03. The average Bonchev–Trinajstić information content (AvgIpc) is 3.76. The summed E-state index contributed by atoms with van der Waals surface area (Å²) in [5.41, 5.74) is 9.99. The lowest BCUT2D eigenvalue weighted by Crippen LogP contribution is -2.11. The Morgan fingerprint density at radius 2 is 0.919 bits per heavy atom. The van der Waals surface area contributed by atoms with Gasteiger partial charge in [0, 0.05) is 33.1 Å². The third-order valence-electron chi connectivity index (χ3n) is 12.1. The minimum atomic E-state index is -0.138. The molecule has 0 aliphatic rings. The van der Waals surface area contributed by atoms with Crippen molar-refractivity contribution in [2.45, 2.75) is 0 Å². The van der Waals surface area contributed by atoms with Crippen LogP contribution < -0.4 is 4.90 Å². The zero-order valence-electron chi connectivity index (χ0n) is 37.6. The molecule has 62 heavy (non-hydrogen) atoms. The van der Waals surface area contributed by atoms with Crippen molar-refractivity contribution in [1.82, 2.24) is 0 Å². The Kier molecular flexibility index (Phi) is 7.57. The third-order valence-corrected chi connectivity index (χ3v) is 12.1. The molecule has 1 aromatic heterocycles. The molecule has 0 aliphatic heterocycles. The van der Waals surface area contributed by atoms with E-state index in [-0.39, 0.29) is 35.4 Å². The second-order valence-corrected chi connectivity index (χ2v) is 15.8. The maximum atomic E-state index is 9.79. The average molecular weight is 794 g/mol. The third kappa shape index (κ3) is 6.20. The van der Waals surface area contributed by atoms with Crippen LogP contribution in [-0.4, -0.2) is 0 Å². The monoisotopic (exact) mass is 793 g/mol. The lowest BCUT2D eigenvalue weighted by Gasteiger charge is -2.28. The summed E-state index contributed by atoms with van der Waals surface area (Å²) >= 11 is 0. The molecule has 0 bridgehead atoms. The number of hydrogen-bond acceptors (Lipinski definition) is 2. The van der Waals surface area contributed by atoms with Crippen molar-refractivity contribution in [3.05, 3.63) is 236 Å². The molecule has 290 valence electrons. The Morgan fingerprint density at radius 3 is 1.81 bits per heavy atom. The van der Waals surface area contributed by atoms with Gasteiger partial charge in [0.2, 0.25) is 0 Å². The molecule has 12 aromatic rings. The predicted molar refractivity (Wildman–Crippen MR) is 263 cm³/mol. The fourth-order valence-electron chi connectivity index (χ4n) is 9.03. The van der Waals surface area contributed by atoms with E-state index in [0.717, 1.165) is 82.3 Å². The van der Waals surface area contributed by atoms with Crippen LogP contribution >= 0.6 is 0 Å². The molecule has 0 aliphatic carbocycles. The number of fused-ring (bicyclic) bond motifs is 7. The molecule has 0 spiro atoms. The van der Waals surface area contributed by atoms with E-state index in [1.807, 2.05) is 108 Å². The van der Waals surface area contributed by atoms with E-state index in [2.05, 4.69) is 109 Å². The summed E-state index contributed by atoms with van der Waals surface area (Å²) < 4.78 is 45.3. The molecule has 1 heterocycles. The van der Waals surface area contributed by atoms with Crippen LogP contribution in [-0.2, 0) is 0 Å². The maximum absolute atomic E-state index is 9.79. The molecule has 2 heteroatoms. The van der Waals surface area contributed by atoms with Crippen molar-refractivity contribution in [2.75, 3.05) is 4.90 Å². The second-order valence-electron chi connectivity index (χ2n) is 15.8. The Balaban J connectivity index is 1.02. The molecule has 0 radical (unpaired) electrons. The van der Waals surface area contributed by atoms with Crippen molar-refractivity contribution in [2.24, 2.45) is 0 Å². The molecular formula is C60H39NO. The summed E-state index contributed by atoms with van der Waals surface area (Å²) in [6.45, 7) is 0. The van der Waals surface area contributed by atoms with Gasteiger partial charge >= 0.3 is 0 Å². The van der Waals surface area contributed by atoms with E-state index in [4.69, 9.17) is 4.42 Å². The summed E-state index contributed by atoms with van der Waals surface area (Å²) in [4.78, 5) is 1.89. The van der Waals surface area contributed by atoms with Crippen LogP contribution in [0, 0.1) is 0 Å².